The fourth-order valence-electron chi connectivity index (χ4n) is 5.38. The van der Waals surface area contributed by atoms with Crippen LogP contribution in [0.15, 0.2) is 84.2 Å². The van der Waals surface area contributed by atoms with E-state index in [0.717, 1.165) is 42.6 Å². The van der Waals surface area contributed by atoms with E-state index in [4.69, 9.17) is 28.4 Å². The van der Waals surface area contributed by atoms with Gasteiger partial charge in [0.25, 0.3) is 0 Å². The summed E-state index contributed by atoms with van der Waals surface area (Å²) in [5.74, 6) is 1.10. The summed E-state index contributed by atoms with van der Waals surface area (Å²) in [6.07, 6.45) is 1.03. The number of fused-ring (bicyclic) bond motifs is 1. The first-order valence-corrected chi connectivity index (χ1v) is 15.9. The lowest BCUT2D eigenvalue weighted by molar-refractivity contribution is -0.198. The predicted octanol–water partition coefficient (Wildman–Crippen LogP) is 6.73. The molecule has 1 aliphatic rings. The molecule has 1 aromatic heterocycles. The van der Waals surface area contributed by atoms with Gasteiger partial charge in [0.1, 0.15) is 11.9 Å². The molecule has 4 unspecified atom stereocenters. The molecule has 7 nitrogen and oxygen atoms in total. The first-order chi connectivity index (χ1) is 21.2. The van der Waals surface area contributed by atoms with Gasteiger partial charge in [0.2, 0.25) is 0 Å². The van der Waals surface area contributed by atoms with E-state index < -0.39 is 6.29 Å². The first kappa shape index (κ1) is 31.6. The SMILES string of the molecule is COCC(COC(OC1CNCCC1c1ccc(OCCCOCc2cccs2)cc1)c1ccc2ccccc2c1)OC. The second-order valence-electron chi connectivity index (χ2n) is 10.8. The molecular weight excluding hydrogens is 562 g/mol. The number of benzene rings is 3. The summed E-state index contributed by atoms with van der Waals surface area (Å²) in [5.41, 5.74) is 2.22. The number of thiophene rings is 1. The maximum absolute atomic E-state index is 6.80. The van der Waals surface area contributed by atoms with Crippen molar-refractivity contribution in [2.24, 2.45) is 0 Å². The van der Waals surface area contributed by atoms with Crippen molar-refractivity contribution in [3.63, 3.8) is 0 Å². The van der Waals surface area contributed by atoms with Gasteiger partial charge in [-0.3, -0.25) is 0 Å². The van der Waals surface area contributed by atoms with Crippen molar-refractivity contribution in [3.8, 4) is 5.75 Å². The zero-order chi connectivity index (χ0) is 29.7. The Balaban J connectivity index is 1.21. The minimum Gasteiger partial charge on any atom is -0.494 e. The number of hydrogen-bond donors (Lipinski definition) is 1. The third-order valence-corrected chi connectivity index (χ3v) is 8.57. The van der Waals surface area contributed by atoms with Crippen molar-refractivity contribution in [1.29, 1.82) is 0 Å². The molecule has 0 radical (unpaired) electrons. The number of hydrogen-bond acceptors (Lipinski definition) is 8. The number of rotatable bonds is 17. The minimum atomic E-state index is -0.545. The zero-order valence-electron chi connectivity index (χ0n) is 25.1. The third kappa shape index (κ3) is 9.33. The number of nitrogens with one attached hydrogen (secondary N) is 1. The predicted molar refractivity (Wildman–Crippen MR) is 171 cm³/mol. The average Bonchev–Trinajstić information content (AvgIpc) is 3.58. The summed E-state index contributed by atoms with van der Waals surface area (Å²) >= 11 is 1.72. The topological polar surface area (TPSA) is 67.4 Å². The summed E-state index contributed by atoms with van der Waals surface area (Å²) in [7, 11) is 3.34. The Labute approximate surface area is 259 Å². The Kier molecular flexibility index (Phi) is 12.4. The fourth-order valence-corrected chi connectivity index (χ4v) is 6.02. The zero-order valence-corrected chi connectivity index (χ0v) is 25.9. The second kappa shape index (κ2) is 16.9. The van der Waals surface area contributed by atoms with Crippen LogP contribution < -0.4 is 10.1 Å². The molecule has 1 N–H and O–H groups in total. The van der Waals surface area contributed by atoms with Crippen LogP contribution in [0, 0.1) is 0 Å². The fraction of sp³-hybridized carbons (Fsp3) is 0.429. The van der Waals surface area contributed by atoms with Crippen LogP contribution in [0.2, 0.25) is 0 Å². The number of ether oxygens (including phenoxy) is 6. The molecule has 0 bridgehead atoms. The van der Waals surface area contributed by atoms with Gasteiger partial charge in [0.15, 0.2) is 6.29 Å². The van der Waals surface area contributed by atoms with Crippen molar-refractivity contribution in [1.82, 2.24) is 5.32 Å². The summed E-state index contributed by atoms with van der Waals surface area (Å²) in [6, 6.07) is 27.3. The molecule has 8 heteroatoms. The number of piperidine rings is 1. The molecule has 0 amide bonds. The van der Waals surface area contributed by atoms with Crippen LogP contribution in [-0.2, 0) is 30.3 Å². The van der Waals surface area contributed by atoms with Crippen LogP contribution in [0.3, 0.4) is 0 Å². The quantitative estimate of drug-likeness (QED) is 0.106. The molecule has 1 aliphatic heterocycles. The van der Waals surface area contributed by atoms with E-state index in [2.05, 4.69) is 83.5 Å². The highest BCUT2D eigenvalue weighted by molar-refractivity contribution is 7.09. The number of methoxy groups -OCH3 is 2. The van der Waals surface area contributed by atoms with Gasteiger partial charge in [-0.15, -0.1) is 11.3 Å². The maximum Gasteiger partial charge on any atom is 0.184 e. The highest BCUT2D eigenvalue weighted by atomic mass is 32.1. The normalized spacial score (nSPS) is 18.5. The summed E-state index contributed by atoms with van der Waals surface area (Å²) < 4.78 is 35.8. The Morgan fingerprint density at radius 2 is 1.77 bits per heavy atom. The van der Waals surface area contributed by atoms with E-state index in [1.165, 1.54) is 15.8 Å². The highest BCUT2D eigenvalue weighted by Gasteiger charge is 2.31. The van der Waals surface area contributed by atoms with Gasteiger partial charge in [-0.25, -0.2) is 0 Å². The molecule has 230 valence electrons. The average molecular weight is 606 g/mol. The van der Waals surface area contributed by atoms with Crippen molar-refractivity contribution in [3.05, 3.63) is 100 Å². The third-order valence-electron chi connectivity index (χ3n) is 7.72. The largest absolute Gasteiger partial charge is 0.494 e. The Morgan fingerprint density at radius 3 is 2.56 bits per heavy atom. The van der Waals surface area contributed by atoms with Gasteiger partial charge in [0, 0.05) is 43.5 Å². The maximum atomic E-state index is 6.80. The van der Waals surface area contributed by atoms with Crippen LogP contribution >= 0.6 is 11.3 Å². The Morgan fingerprint density at radius 1 is 0.907 bits per heavy atom. The van der Waals surface area contributed by atoms with Gasteiger partial charge in [-0.05, 0) is 58.9 Å². The lowest BCUT2D eigenvalue weighted by Gasteiger charge is -2.35. The molecular formula is C35H43NO6S. The second-order valence-corrected chi connectivity index (χ2v) is 11.8. The van der Waals surface area contributed by atoms with Crippen LogP contribution in [-0.4, -0.2) is 65.9 Å². The lowest BCUT2D eigenvalue weighted by Crippen LogP contribution is -2.42. The van der Waals surface area contributed by atoms with Gasteiger partial charge < -0.3 is 33.7 Å². The smallest absolute Gasteiger partial charge is 0.184 e. The van der Waals surface area contributed by atoms with E-state index >= 15 is 0 Å². The molecule has 4 aromatic rings. The van der Waals surface area contributed by atoms with Gasteiger partial charge in [0.05, 0.1) is 39.1 Å². The Hall–Kier alpha value is -2.82. The molecule has 1 saturated heterocycles. The van der Waals surface area contributed by atoms with Crippen molar-refractivity contribution in [2.45, 2.75) is 43.9 Å². The minimum absolute atomic E-state index is 0.0686. The lowest BCUT2D eigenvalue weighted by atomic mass is 9.87. The molecule has 1 fully saturated rings. The Bertz CT molecular complexity index is 1350. The highest BCUT2D eigenvalue weighted by Crippen LogP contribution is 2.34. The van der Waals surface area contributed by atoms with Crippen LogP contribution in [0.5, 0.6) is 5.75 Å². The molecule has 0 spiro atoms. The van der Waals surface area contributed by atoms with E-state index in [1.54, 1.807) is 25.6 Å². The van der Waals surface area contributed by atoms with E-state index in [9.17, 15) is 0 Å². The summed E-state index contributed by atoms with van der Waals surface area (Å²) in [6.45, 7) is 4.46. The molecule has 5 rings (SSSR count). The van der Waals surface area contributed by atoms with Crippen LogP contribution in [0.25, 0.3) is 10.8 Å². The van der Waals surface area contributed by atoms with E-state index in [1.807, 2.05) is 6.07 Å². The summed E-state index contributed by atoms with van der Waals surface area (Å²) in [5, 5.41) is 7.93. The van der Waals surface area contributed by atoms with Crippen molar-refractivity contribution < 1.29 is 28.4 Å². The van der Waals surface area contributed by atoms with E-state index in [-0.39, 0.29) is 18.1 Å². The molecule has 2 heterocycles. The van der Waals surface area contributed by atoms with Gasteiger partial charge in [-0.2, -0.15) is 0 Å². The van der Waals surface area contributed by atoms with Crippen LogP contribution in [0.4, 0.5) is 0 Å². The first-order valence-electron chi connectivity index (χ1n) is 15.0. The van der Waals surface area contributed by atoms with Gasteiger partial charge in [-0.1, -0.05) is 54.6 Å². The molecule has 3 aromatic carbocycles. The van der Waals surface area contributed by atoms with Gasteiger partial charge >= 0.3 is 0 Å². The molecule has 0 saturated carbocycles. The molecule has 0 aliphatic carbocycles. The molecule has 43 heavy (non-hydrogen) atoms. The van der Waals surface area contributed by atoms with Crippen molar-refractivity contribution >= 4 is 22.1 Å². The monoisotopic (exact) mass is 605 g/mol. The standard InChI is InChI=1S/C35H43NO6S/c1-37-23-31(38-2)24-41-35(29-11-10-26-7-3-4-8-28(26)21-29)42-34-22-36-17-16-33(34)27-12-14-30(15-13-27)40-19-6-18-39-25-32-9-5-20-43-32/h3-5,7-15,20-21,31,33-36H,6,16-19,22-25H2,1-2H3. The van der Waals surface area contributed by atoms with E-state index in [0.29, 0.717) is 33.0 Å². The summed E-state index contributed by atoms with van der Waals surface area (Å²) in [4.78, 5) is 1.25. The van der Waals surface area contributed by atoms with Crippen molar-refractivity contribution in [2.75, 3.05) is 53.7 Å². The van der Waals surface area contributed by atoms with Crippen LogP contribution in [0.1, 0.15) is 41.1 Å². The molecule has 4 atom stereocenters.